The second kappa shape index (κ2) is 10.0. The predicted molar refractivity (Wildman–Crippen MR) is 146 cm³/mol. The van der Waals surface area contributed by atoms with Gasteiger partial charge in [0.1, 0.15) is 17.3 Å². The van der Waals surface area contributed by atoms with Crippen LogP contribution < -0.4 is 10.1 Å². The smallest absolute Gasteiger partial charge is 0.274 e. The number of nitrogens with one attached hydrogen (secondary N) is 1. The topological polar surface area (TPSA) is 91.8 Å². The highest BCUT2D eigenvalue weighted by Crippen LogP contribution is 2.29. The molecule has 1 amide bonds. The number of fused-ring (bicyclic) bond motifs is 2. The van der Waals surface area contributed by atoms with E-state index in [0.29, 0.717) is 18.8 Å². The second-order valence-electron chi connectivity index (χ2n) is 9.36. The first-order valence-electron chi connectivity index (χ1n) is 12.8. The van der Waals surface area contributed by atoms with E-state index in [-0.39, 0.29) is 5.91 Å². The molecular formula is C29H29N7O2. The lowest BCUT2D eigenvalue weighted by atomic mass is 10.1. The third-order valence-electron chi connectivity index (χ3n) is 6.85. The van der Waals surface area contributed by atoms with Crippen LogP contribution in [-0.2, 0) is 25.9 Å². The monoisotopic (exact) mass is 507 g/mol. The number of hydrogen-bond donors (Lipinski definition) is 1. The van der Waals surface area contributed by atoms with Crippen LogP contribution in [0.1, 0.15) is 46.5 Å². The van der Waals surface area contributed by atoms with Crippen molar-refractivity contribution in [3.05, 3.63) is 95.5 Å². The molecule has 0 fully saturated rings. The number of methoxy groups -OCH3 is 1. The summed E-state index contributed by atoms with van der Waals surface area (Å²) >= 11 is 0. The number of anilines is 1. The van der Waals surface area contributed by atoms with Crippen molar-refractivity contribution in [2.24, 2.45) is 0 Å². The number of allylic oxidation sites excluding steroid dienone is 1. The first-order chi connectivity index (χ1) is 18.6. The first kappa shape index (κ1) is 23.7. The number of hydrogen-bond acceptors (Lipinski definition) is 5. The Hall–Kier alpha value is -4.66. The molecule has 4 heterocycles. The Morgan fingerprint density at radius 3 is 2.76 bits per heavy atom. The summed E-state index contributed by atoms with van der Waals surface area (Å²) in [6.45, 7) is 3.33. The maximum Gasteiger partial charge on any atom is 0.274 e. The zero-order chi connectivity index (χ0) is 26.1. The summed E-state index contributed by atoms with van der Waals surface area (Å²) < 4.78 is 11.0. The molecule has 5 aromatic rings. The van der Waals surface area contributed by atoms with Crippen LogP contribution in [0.15, 0.2) is 67.1 Å². The number of ether oxygens (including phenoxy) is 1. The quantitative estimate of drug-likeness (QED) is 0.327. The lowest BCUT2D eigenvalue weighted by Gasteiger charge is -2.11. The Kier molecular flexibility index (Phi) is 6.25. The highest BCUT2D eigenvalue weighted by atomic mass is 16.5. The van der Waals surface area contributed by atoms with Crippen LogP contribution in [0.4, 0.5) is 5.69 Å². The van der Waals surface area contributed by atoms with Crippen LogP contribution in [-0.4, -0.2) is 42.1 Å². The fourth-order valence-electron chi connectivity index (χ4n) is 4.94. The maximum atomic E-state index is 13.2. The van der Waals surface area contributed by atoms with Crippen molar-refractivity contribution in [3.8, 4) is 5.75 Å². The van der Waals surface area contributed by atoms with Crippen LogP contribution in [0.3, 0.4) is 0 Å². The maximum absolute atomic E-state index is 13.2. The Bertz CT molecular complexity index is 1640. The van der Waals surface area contributed by atoms with E-state index in [2.05, 4.69) is 28.4 Å². The molecule has 1 N–H and O–H groups in total. The Labute approximate surface area is 220 Å². The standard InChI is InChI=1S/C29H29N7O2/c1-3-23-28-24(32-29(37)26-16-30-27-9-4-5-14-35(26)27)7-6-8-25(28)36(33-23)19-21-15-31-34(18-21)17-20-10-12-22(38-2)13-11-20/h5-8,10-16,18H,3-4,9,17,19H2,1-2H3,(H,32,37). The third kappa shape index (κ3) is 4.47. The molecule has 6 rings (SSSR count). The Morgan fingerprint density at radius 1 is 1.08 bits per heavy atom. The minimum absolute atomic E-state index is 0.183. The van der Waals surface area contributed by atoms with Gasteiger partial charge in [0.25, 0.3) is 5.91 Å². The molecule has 0 spiro atoms. The van der Waals surface area contributed by atoms with Crippen LogP contribution >= 0.6 is 0 Å². The number of carbonyl (C=O) groups is 1. The van der Waals surface area contributed by atoms with E-state index in [0.717, 1.165) is 64.2 Å². The molecule has 2 aromatic carbocycles. The molecule has 38 heavy (non-hydrogen) atoms. The molecule has 0 aliphatic carbocycles. The largest absolute Gasteiger partial charge is 0.497 e. The molecule has 1 aliphatic rings. The average Bonchev–Trinajstić information content (AvgIpc) is 3.67. The van der Waals surface area contributed by atoms with Crippen molar-refractivity contribution >= 4 is 28.7 Å². The summed E-state index contributed by atoms with van der Waals surface area (Å²) in [4.78, 5) is 17.6. The first-order valence-corrected chi connectivity index (χ1v) is 12.8. The molecule has 0 unspecified atom stereocenters. The number of amides is 1. The summed E-state index contributed by atoms with van der Waals surface area (Å²) in [6, 6.07) is 13.9. The molecule has 3 aromatic heterocycles. The van der Waals surface area contributed by atoms with Gasteiger partial charge in [0.05, 0.1) is 49.5 Å². The summed E-state index contributed by atoms with van der Waals surface area (Å²) in [5.74, 6) is 1.56. The van der Waals surface area contributed by atoms with E-state index in [9.17, 15) is 4.79 Å². The molecule has 0 bridgehead atoms. The summed E-state index contributed by atoms with van der Waals surface area (Å²) in [5.41, 5.74) is 5.39. The van der Waals surface area contributed by atoms with Gasteiger partial charge in [0.15, 0.2) is 0 Å². The molecule has 9 nitrogen and oxygen atoms in total. The van der Waals surface area contributed by atoms with Gasteiger partial charge < -0.3 is 10.1 Å². The molecule has 9 heteroatoms. The van der Waals surface area contributed by atoms with Crippen molar-refractivity contribution in [1.82, 2.24) is 29.1 Å². The van der Waals surface area contributed by atoms with Crippen LogP contribution in [0.25, 0.3) is 17.1 Å². The molecule has 1 aliphatic heterocycles. The summed E-state index contributed by atoms with van der Waals surface area (Å²) in [7, 11) is 1.67. The van der Waals surface area contributed by atoms with E-state index in [1.54, 1.807) is 13.3 Å². The average molecular weight is 508 g/mol. The molecule has 0 atom stereocenters. The number of carbonyl (C=O) groups excluding carboxylic acids is 1. The van der Waals surface area contributed by atoms with Gasteiger partial charge in [-0.25, -0.2) is 4.98 Å². The van der Waals surface area contributed by atoms with Crippen molar-refractivity contribution < 1.29 is 9.53 Å². The zero-order valence-electron chi connectivity index (χ0n) is 21.5. The van der Waals surface area contributed by atoms with E-state index in [1.165, 1.54) is 0 Å². The SMILES string of the molecule is CCc1nn(Cc2cnn(Cc3ccc(OC)cc3)c2)c2cccc(NC(=O)c3cnc4n3C=CCC4)c12. The fourth-order valence-corrected chi connectivity index (χ4v) is 4.94. The van der Waals surface area contributed by atoms with E-state index < -0.39 is 0 Å². The highest BCUT2D eigenvalue weighted by Gasteiger charge is 2.20. The number of benzene rings is 2. The normalized spacial score (nSPS) is 12.6. The van der Waals surface area contributed by atoms with Crippen molar-refractivity contribution in [3.63, 3.8) is 0 Å². The number of nitrogens with zero attached hydrogens (tertiary/aromatic N) is 6. The van der Waals surface area contributed by atoms with Gasteiger partial charge in [-0.1, -0.05) is 31.2 Å². The van der Waals surface area contributed by atoms with Crippen LogP contribution in [0, 0.1) is 0 Å². The van der Waals surface area contributed by atoms with Crippen LogP contribution in [0.2, 0.25) is 0 Å². The van der Waals surface area contributed by atoms with Gasteiger partial charge in [0.2, 0.25) is 0 Å². The number of rotatable bonds is 8. The number of aryl methyl sites for hydroxylation is 2. The fraction of sp³-hybridized carbons (Fsp3) is 0.241. The van der Waals surface area contributed by atoms with E-state index in [1.807, 2.05) is 75.0 Å². The van der Waals surface area contributed by atoms with Gasteiger partial charge in [0, 0.05) is 29.8 Å². The van der Waals surface area contributed by atoms with Crippen molar-refractivity contribution in [2.75, 3.05) is 12.4 Å². The third-order valence-corrected chi connectivity index (χ3v) is 6.85. The highest BCUT2D eigenvalue weighted by molar-refractivity contribution is 6.08. The van der Waals surface area contributed by atoms with Gasteiger partial charge in [-0.05, 0) is 42.7 Å². The van der Waals surface area contributed by atoms with E-state index >= 15 is 0 Å². The minimum atomic E-state index is -0.183. The molecule has 0 saturated carbocycles. The van der Waals surface area contributed by atoms with Crippen molar-refractivity contribution in [2.45, 2.75) is 39.3 Å². The number of imidazole rings is 1. The minimum Gasteiger partial charge on any atom is -0.497 e. The molecular weight excluding hydrogens is 478 g/mol. The van der Waals surface area contributed by atoms with Gasteiger partial charge in [-0.2, -0.15) is 10.2 Å². The molecule has 0 saturated heterocycles. The predicted octanol–water partition coefficient (Wildman–Crippen LogP) is 4.77. The Morgan fingerprint density at radius 2 is 1.95 bits per heavy atom. The Balaban J connectivity index is 1.24. The van der Waals surface area contributed by atoms with E-state index in [4.69, 9.17) is 9.84 Å². The lowest BCUT2D eigenvalue weighted by Crippen LogP contribution is -2.17. The van der Waals surface area contributed by atoms with Crippen LogP contribution in [0.5, 0.6) is 5.75 Å². The van der Waals surface area contributed by atoms with Gasteiger partial charge in [-0.15, -0.1) is 0 Å². The zero-order valence-corrected chi connectivity index (χ0v) is 21.5. The van der Waals surface area contributed by atoms with Crippen molar-refractivity contribution in [1.29, 1.82) is 0 Å². The number of aromatic nitrogens is 6. The van der Waals surface area contributed by atoms with Gasteiger partial charge >= 0.3 is 0 Å². The van der Waals surface area contributed by atoms with Gasteiger partial charge in [-0.3, -0.25) is 18.7 Å². The summed E-state index contributed by atoms with van der Waals surface area (Å²) in [6.07, 6.45) is 12.1. The second-order valence-corrected chi connectivity index (χ2v) is 9.36. The summed E-state index contributed by atoms with van der Waals surface area (Å²) in [5, 5.41) is 13.5. The molecule has 0 radical (unpaired) electrons. The lowest BCUT2D eigenvalue weighted by molar-refractivity contribution is 0.102. The molecule has 192 valence electrons.